The summed E-state index contributed by atoms with van der Waals surface area (Å²) in [5.74, 6) is -0.468. The molecular weight excluding hydrogens is 428 g/mol. The molecule has 1 aromatic carbocycles. The Hall–Kier alpha value is -3.73. The van der Waals surface area contributed by atoms with E-state index in [1.54, 1.807) is 43.0 Å². The van der Waals surface area contributed by atoms with E-state index in [1.165, 1.54) is 4.57 Å². The molecule has 0 bridgehead atoms. The van der Waals surface area contributed by atoms with Gasteiger partial charge in [-0.15, -0.1) is 0 Å². The van der Waals surface area contributed by atoms with Gasteiger partial charge in [-0.1, -0.05) is 24.3 Å². The van der Waals surface area contributed by atoms with Crippen molar-refractivity contribution in [2.24, 2.45) is 12.8 Å². The van der Waals surface area contributed by atoms with Crippen LogP contribution in [-0.4, -0.2) is 49.3 Å². The standard InChI is InChI=1S/C22H28N6O5/c1-26-19(15-9-7-14(8-10-15)18(23)24)25-17-20(26)27(12-5-13-33-2)22(32)28(21(17)31)11-4-3-6-16(29)30/h7-10H,3-6,11-13H2,1-2H3,(H3,23,24)(H,29,30). The van der Waals surface area contributed by atoms with Crippen molar-refractivity contribution < 1.29 is 14.6 Å². The first-order valence-corrected chi connectivity index (χ1v) is 10.6. The normalized spacial score (nSPS) is 11.2. The molecule has 33 heavy (non-hydrogen) atoms. The summed E-state index contributed by atoms with van der Waals surface area (Å²) in [6.45, 7) is 0.897. The summed E-state index contributed by atoms with van der Waals surface area (Å²) in [5.41, 5.74) is 6.42. The van der Waals surface area contributed by atoms with Crippen molar-refractivity contribution in [2.75, 3.05) is 13.7 Å². The van der Waals surface area contributed by atoms with E-state index in [9.17, 15) is 14.4 Å². The molecule has 2 heterocycles. The Morgan fingerprint density at radius 3 is 2.39 bits per heavy atom. The molecular formula is C22H28N6O5. The van der Waals surface area contributed by atoms with Crippen molar-refractivity contribution in [1.82, 2.24) is 18.7 Å². The fourth-order valence-electron chi connectivity index (χ4n) is 3.76. The lowest BCUT2D eigenvalue weighted by molar-refractivity contribution is -0.137. The molecule has 0 spiro atoms. The van der Waals surface area contributed by atoms with Crippen molar-refractivity contribution in [3.63, 3.8) is 0 Å². The molecule has 0 aliphatic rings. The summed E-state index contributed by atoms with van der Waals surface area (Å²) in [6, 6.07) is 6.92. The lowest BCUT2D eigenvalue weighted by atomic mass is 10.1. The second kappa shape index (κ2) is 10.3. The molecule has 0 saturated carbocycles. The molecule has 0 radical (unpaired) electrons. The number of nitrogens with two attached hydrogens (primary N) is 1. The third-order valence-corrected chi connectivity index (χ3v) is 5.44. The van der Waals surface area contributed by atoms with Crippen molar-refractivity contribution in [3.05, 3.63) is 50.7 Å². The van der Waals surface area contributed by atoms with Gasteiger partial charge in [0.05, 0.1) is 0 Å². The number of nitrogen functional groups attached to an aromatic ring is 1. The molecule has 0 saturated heterocycles. The van der Waals surface area contributed by atoms with Gasteiger partial charge in [0.1, 0.15) is 17.3 Å². The Bertz CT molecular complexity index is 1290. The first kappa shape index (κ1) is 23.9. The van der Waals surface area contributed by atoms with E-state index in [0.29, 0.717) is 55.0 Å². The average Bonchev–Trinajstić information content (AvgIpc) is 3.12. The van der Waals surface area contributed by atoms with Gasteiger partial charge in [0, 0.05) is 51.4 Å². The highest BCUT2D eigenvalue weighted by atomic mass is 16.5. The van der Waals surface area contributed by atoms with E-state index in [-0.39, 0.29) is 24.3 Å². The highest BCUT2D eigenvalue weighted by Crippen LogP contribution is 2.22. The molecule has 0 amide bonds. The van der Waals surface area contributed by atoms with Gasteiger partial charge in [0.25, 0.3) is 5.56 Å². The number of benzene rings is 1. The summed E-state index contributed by atoms with van der Waals surface area (Å²) >= 11 is 0. The molecule has 3 rings (SSSR count). The third-order valence-electron chi connectivity index (χ3n) is 5.44. The van der Waals surface area contributed by atoms with E-state index in [0.717, 1.165) is 4.57 Å². The monoisotopic (exact) mass is 456 g/mol. The zero-order valence-corrected chi connectivity index (χ0v) is 18.7. The number of rotatable bonds is 11. The Balaban J connectivity index is 2.12. The van der Waals surface area contributed by atoms with Gasteiger partial charge < -0.3 is 20.1 Å². The van der Waals surface area contributed by atoms with Crippen LogP contribution >= 0.6 is 0 Å². The van der Waals surface area contributed by atoms with Crippen molar-refractivity contribution >= 4 is 23.0 Å². The molecule has 4 N–H and O–H groups in total. The topological polar surface area (TPSA) is 158 Å². The van der Waals surface area contributed by atoms with E-state index < -0.39 is 17.2 Å². The van der Waals surface area contributed by atoms with Crippen molar-refractivity contribution in [2.45, 2.75) is 38.8 Å². The number of imidazole rings is 1. The Morgan fingerprint density at radius 1 is 1.12 bits per heavy atom. The molecule has 0 fully saturated rings. The number of aliphatic carboxylic acids is 1. The first-order chi connectivity index (χ1) is 15.8. The maximum absolute atomic E-state index is 13.2. The van der Waals surface area contributed by atoms with Crippen LogP contribution in [-0.2, 0) is 29.7 Å². The predicted octanol–water partition coefficient (Wildman–Crippen LogP) is 1.14. The van der Waals surface area contributed by atoms with Crippen LogP contribution in [0.5, 0.6) is 0 Å². The van der Waals surface area contributed by atoms with Crippen LogP contribution in [0.15, 0.2) is 33.9 Å². The van der Waals surface area contributed by atoms with Gasteiger partial charge in [-0.3, -0.25) is 24.1 Å². The minimum absolute atomic E-state index is 0.0248. The molecule has 0 aliphatic heterocycles. The number of nitrogens with zero attached hydrogens (tertiary/aromatic N) is 4. The second-order valence-electron chi connectivity index (χ2n) is 7.75. The average molecular weight is 457 g/mol. The molecule has 0 aliphatic carbocycles. The smallest absolute Gasteiger partial charge is 0.332 e. The second-order valence-corrected chi connectivity index (χ2v) is 7.75. The maximum Gasteiger partial charge on any atom is 0.332 e. The van der Waals surface area contributed by atoms with E-state index in [2.05, 4.69) is 4.98 Å². The van der Waals surface area contributed by atoms with E-state index in [4.69, 9.17) is 21.0 Å². The number of ether oxygens (including phenoxy) is 1. The van der Waals surface area contributed by atoms with Gasteiger partial charge in [0.2, 0.25) is 0 Å². The summed E-state index contributed by atoms with van der Waals surface area (Å²) < 4.78 is 9.48. The van der Waals surface area contributed by atoms with Gasteiger partial charge in [-0.05, 0) is 19.3 Å². The number of fused-ring (bicyclic) bond motifs is 1. The highest BCUT2D eigenvalue weighted by Gasteiger charge is 2.20. The van der Waals surface area contributed by atoms with Crippen LogP contribution in [0.3, 0.4) is 0 Å². The van der Waals surface area contributed by atoms with Crippen LogP contribution in [0.25, 0.3) is 22.6 Å². The van der Waals surface area contributed by atoms with Crippen LogP contribution in [0.4, 0.5) is 0 Å². The maximum atomic E-state index is 13.2. The Kier molecular flexibility index (Phi) is 7.44. The lowest BCUT2D eigenvalue weighted by Crippen LogP contribution is -2.40. The number of carboxylic acid groups (broad SMARTS) is 1. The number of hydrogen-bond acceptors (Lipinski definition) is 6. The third kappa shape index (κ3) is 5.03. The molecule has 176 valence electrons. The molecule has 11 heteroatoms. The zero-order chi connectivity index (χ0) is 24.1. The molecule has 0 atom stereocenters. The number of methoxy groups -OCH3 is 1. The molecule has 3 aromatic rings. The Morgan fingerprint density at radius 2 is 1.79 bits per heavy atom. The van der Waals surface area contributed by atoms with Gasteiger partial charge in [-0.25, -0.2) is 9.78 Å². The number of aryl methyl sites for hydroxylation is 2. The van der Waals surface area contributed by atoms with Crippen molar-refractivity contribution in [1.29, 1.82) is 5.41 Å². The predicted molar refractivity (Wildman–Crippen MR) is 124 cm³/mol. The summed E-state index contributed by atoms with van der Waals surface area (Å²) in [7, 11) is 3.32. The number of hydrogen-bond donors (Lipinski definition) is 3. The lowest BCUT2D eigenvalue weighted by Gasteiger charge is -2.13. The Labute approximate surface area is 189 Å². The van der Waals surface area contributed by atoms with Crippen LogP contribution in [0.1, 0.15) is 31.2 Å². The largest absolute Gasteiger partial charge is 0.481 e. The number of unbranched alkanes of at least 4 members (excludes halogenated alkanes) is 1. The summed E-state index contributed by atoms with van der Waals surface area (Å²) in [6.07, 6.45) is 1.29. The van der Waals surface area contributed by atoms with Crippen LogP contribution in [0.2, 0.25) is 0 Å². The van der Waals surface area contributed by atoms with Gasteiger partial charge >= 0.3 is 11.7 Å². The number of carboxylic acids is 1. The number of amidine groups is 1. The summed E-state index contributed by atoms with van der Waals surface area (Å²) in [4.78, 5) is 41.8. The summed E-state index contributed by atoms with van der Waals surface area (Å²) in [5, 5.41) is 16.4. The van der Waals surface area contributed by atoms with E-state index in [1.807, 2.05) is 0 Å². The number of carbonyl (C=O) groups is 1. The molecule has 2 aromatic heterocycles. The SMILES string of the molecule is COCCCn1c(=O)n(CCCCC(=O)O)c(=O)c2nc(-c3ccc(C(=N)N)cc3)n(C)c21. The van der Waals surface area contributed by atoms with Gasteiger partial charge in [0.15, 0.2) is 5.52 Å². The highest BCUT2D eigenvalue weighted by molar-refractivity contribution is 5.95. The van der Waals surface area contributed by atoms with Crippen LogP contribution in [0, 0.1) is 5.41 Å². The fraction of sp³-hybridized carbons (Fsp3) is 0.409. The van der Waals surface area contributed by atoms with Crippen molar-refractivity contribution in [3.8, 4) is 11.4 Å². The number of aromatic nitrogens is 4. The number of nitrogens with one attached hydrogen (secondary N) is 1. The molecule has 11 nitrogen and oxygen atoms in total. The minimum Gasteiger partial charge on any atom is -0.481 e. The zero-order valence-electron chi connectivity index (χ0n) is 18.7. The fourth-order valence-corrected chi connectivity index (χ4v) is 3.76. The first-order valence-electron chi connectivity index (χ1n) is 10.6. The van der Waals surface area contributed by atoms with Gasteiger partial charge in [-0.2, -0.15) is 0 Å². The molecule has 0 unspecified atom stereocenters. The quantitative estimate of drug-likeness (QED) is 0.222. The van der Waals surface area contributed by atoms with Crippen LogP contribution < -0.4 is 17.0 Å². The van der Waals surface area contributed by atoms with E-state index >= 15 is 0 Å². The minimum atomic E-state index is -0.917.